The molecule has 11 nitrogen and oxygen atoms in total. The molecule has 0 radical (unpaired) electrons. The van der Waals surface area contributed by atoms with Gasteiger partial charge in [-0.3, -0.25) is 4.79 Å². The topological polar surface area (TPSA) is 189 Å². The Morgan fingerprint density at radius 1 is 0.493 bits per heavy atom. The van der Waals surface area contributed by atoms with Crippen molar-refractivity contribution in [2.24, 2.45) is 0 Å². The van der Waals surface area contributed by atoms with Crippen LogP contribution in [0.15, 0.2) is 36.5 Å². The van der Waals surface area contributed by atoms with Crippen molar-refractivity contribution in [2.75, 3.05) is 13.2 Å². The average molecular weight is 1010 g/mol. The zero-order valence-corrected chi connectivity index (χ0v) is 45.7. The lowest BCUT2D eigenvalue weighted by molar-refractivity contribution is -0.303. The third-order valence-electron chi connectivity index (χ3n) is 14.4. The van der Waals surface area contributed by atoms with Crippen LogP contribution in [0.4, 0.5) is 0 Å². The molecule has 11 heteroatoms. The van der Waals surface area contributed by atoms with E-state index >= 15 is 0 Å². The standard InChI is InChI=1S/C60H113NO10/c1-3-5-7-9-11-13-15-17-19-21-23-24-25-26-27-28-29-30-32-33-35-37-39-41-43-45-47-52(63)55(65)51(50-70-60-58(68)57(67)56(66)54(49-62)71-60)61-59(69)53(64)48-46-44-42-40-38-36-34-31-22-20-18-16-14-12-10-8-6-4-2/h12,14,16,18,39,41,51-58,60,62-68H,3-11,13,15,17,19-38,40,42-50H2,1-2H3,(H,61,69)/b14-12-,18-16-,41-39+. The highest BCUT2D eigenvalue weighted by Crippen LogP contribution is 2.23. The Morgan fingerprint density at radius 3 is 1.32 bits per heavy atom. The van der Waals surface area contributed by atoms with E-state index in [1.165, 1.54) is 186 Å². The van der Waals surface area contributed by atoms with Crippen LogP contribution >= 0.6 is 0 Å². The maximum atomic E-state index is 13.2. The molecule has 0 aliphatic carbocycles. The van der Waals surface area contributed by atoms with E-state index in [0.29, 0.717) is 12.8 Å². The molecule has 1 saturated heterocycles. The number of unbranched alkanes of at least 4 members (excludes halogenated alkanes) is 34. The normalized spacial score (nSPS) is 20.4. The Kier molecular flexibility index (Phi) is 46.7. The molecule has 9 atom stereocenters. The van der Waals surface area contributed by atoms with Crippen molar-refractivity contribution in [1.82, 2.24) is 5.32 Å². The molecule has 9 unspecified atom stereocenters. The van der Waals surface area contributed by atoms with Gasteiger partial charge in [0.1, 0.15) is 36.6 Å². The zero-order valence-electron chi connectivity index (χ0n) is 45.7. The van der Waals surface area contributed by atoms with Gasteiger partial charge in [0.25, 0.3) is 0 Å². The van der Waals surface area contributed by atoms with Gasteiger partial charge in [-0.05, 0) is 64.2 Å². The molecule has 1 rings (SSSR count). The minimum Gasteiger partial charge on any atom is -0.394 e. The minimum absolute atomic E-state index is 0.248. The van der Waals surface area contributed by atoms with Crippen LogP contribution < -0.4 is 5.32 Å². The molecule has 8 N–H and O–H groups in total. The van der Waals surface area contributed by atoms with Crippen molar-refractivity contribution in [3.05, 3.63) is 36.5 Å². The summed E-state index contributed by atoms with van der Waals surface area (Å²) in [7, 11) is 0. The molecule has 1 fully saturated rings. The van der Waals surface area contributed by atoms with E-state index in [9.17, 15) is 40.5 Å². The molecule has 0 bridgehead atoms. The predicted molar refractivity (Wildman–Crippen MR) is 293 cm³/mol. The monoisotopic (exact) mass is 1010 g/mol. The van der Waals surface area contributed by atoms with Gasteiger partial charge >= 0.3 is 0 Å². The zero-order chi connectivity index (χ0) is 51.8. The van der Waals surface area contributed by atoms with Crippen molar-refractivity contribution in [3.8, 4) is 0 Å². The second-order valence-electron chi connectivity index (χ2n) is 21.1. The number of amides is 1. The molecule has 1 aliphatic heterocycles. The van der Waals surface area contributed by atoms with Crippen molar-refractivity contribution in [2.45, 2.75) is 326 Å². The first kappa shape index (κ1) is 67.3. The van der Waals surface area contributed by atoms with Gasteiger partial charge in [-0.15, -0.1) is 0 Å². The Balaban J connectivity index is 2.30. The molecule has 0 saturated carbocycles. The highest BCUT2D eigenvalue weighted by Gasteiger charge is 2.44. The first-order valence-corrected chi connectivity index (χ1v) is 29.9. The summed E-state index contributed by atoms with van der Waals surface area (Å²) in [6, 6.07) is -1.19. The fraction of sp³-hybridized carbons (Fsp3) is 0.883. The molecule has 1 amide bonds. The largest absolute Gasteiger partial charge is 0.394 e. The predicted octanol–water partition coefficient (Wildman–Crippen LogP) is 12.7. The van der Waals surface area contributed by atoms with E-state index in [1.54, 1.807) is 0 Å². The van der Waals surface area contributed by atoms with E-state index in [1.807, 2.05) is 0 Å². The number of carbonyl (C=O) groups is 1. The Hall–Kier alpha value is -1.67. The van der Waals surface area contributed by atoms with Crippen LogP contribution in [0, 0.1) is 0 Å². The molecule has 0 spiro atoms. The number of aliphatic hydroxyl groups is 7. The summed E-state index contributed by atoms with van der Waals surface area (Å²) in [6.45, 7) is 3.44. The Bertz CT molecular complexity index is 1250. The maximum absolute atomic E-state index is 13.2. The number of carbonyl (C=O) groups excluding carboxylic acids is 1. The number of nitrogens with one attached hydrogen (secondary N) is 1. The lowest BCUT2D eigenvalue weighted by Crippen LogP contribution is -2.60. The van der Waals surface area contributed by atoms with Crippen LogP contribution in [0.3, 0.4) is 0 Å². The van der Waals surface area contributed by atoms with Gasteiger partial charge in [0.15, 0.2) is 6.29 Å². The molecular formula is C60H113NO10. The van der Waals surface area contributed by atoms with Gasteiger partial charge in [0.05, 0.1) is 25.4 Å². The Morgan fingerprint density at radius 2 is 0.873 bits per heavy atom. The van der Waals surface area contributed by atoms with Crippen molar-refractivity contribution in [3.63, 3.8) is 0 Å². The summed E-state index contributed by atoms with van der Waals surface area (Å²) in [5.74, 6) is -0.709. The minimum atomic E-state index is -1.67. The van der Waals surface area contributed by atoms with Gasteiger partial charge < -0.3 is 50.5 Å². The van der Waals surface area contributed by atoms with Crippen molar-refractivity contribution in [1.29, 1.82) is 0 Å². The van der Waals surface area contributed by atoms with Crippen molar-refractivity contribution >= 4 is 5.91 Å². The van der Waals surface area contributed by atoms with Gasteiger partial charge in [-0.25, -0.2) is 0 Å². The van der Waals surface area contributed by atoms with Crippen LogP contribution in [-0.2, 0) is 14.3 Å². The summed E-state index contributed by atoms with van der Waals surface area (Å²) in [6.07, 6.45) is 49.2. The molecule has 418 valence electrons. The van der Waals surface area contributed by atoms with Crippen LogP contribution in [0.25, 0.3) is 0 Å². The summed E-state index contributed by atoms with van der Waals surface area (Å²) in [5.41, 5.74) is 0. The van der Waals surface area contributed by atoms with E-state index in [0.717, 1.165) is 44.9 Å². The Labute approximate surface area is 435 Å². The summed E-state index contributed by atoms with van der Waals surface area (Å²) < 4.78 is 11.1. The molecule has 71 heavy (non-hydrogen) atoms. The molecule has 1 heterocycles. The highest BCUT2D eigenvalue weighted by molar-refractivity contribution is 5.80. The number of hydrogen-bond acceptors (Lipinski definition) is 10. The number of aliphatic hydroxyl groups excluding tert-OH is 7. The van der Waals surface area contributed by atoms with E-state index in [2.05, 4.69) is 55.6 Å². The highest BCUT2D eigenvalue weighted by atomic mass is 16.7. The first-order valence-electron chi connectivity index (χ1n) is 29.9. The van der Waals surface area contributed by atoms with Gasteiger partial charge in [-0.1, -0.05) is 243 Å². The van der Waals surface area contributed by atoms with Crippen LogP contribution in [0.1, 0.15) is 271 Å². The second-order valence-corrected chi connectivity index (χ2v) is 21.1. The number of rotatable bonds is 51. The summed E-state index contributed by atoms with van der Waals surface area (Å²) >= 11 is 0. The van der Waals surface area contributed by atoms with E-state index < -0.39 is 74.2 Å². The van der Waals surface area contributed by atoms with E-state index in [-0.39, 0.29) is 12.8 Å². The summed E-state index contributed by atoms with van der Waals surface area (Å²) in [5, 5.41) is 76.2. The maximum Gasteiger partial charge on any atom is 0.249 e. The third-order valence-corrected chi connectivity index (χ3v) is 14.4. The smallest absolute Gasteiger partial charge is 0.249 e. The number of allylic oxidation sites excluding steroid dienone is 6. The fourth-order valence-corrected chi connectivity index (χ4v) is 9.55. The van der Waals surface area contributed by atoms with Crippen LogP contribution in [0.2, 0.25) is 0 Å². The third kappa shape index (κ3) is 37.7. The van der Waals surface area contributed by atoms with Gasteiger partial charge in [0, 0.05) is 0 Å². The van der Waals surface area contributed by atoms with Crippen LogP contribution in [0.5, 0.6) is 0 Å². The number of ether oxygens (including phenoxy) is 2. The second kappa shape index (κ2) is 49.2. The summed E-state index contributed by atoms with van der Waals surface area (Å²) in [4.78, 5) is 13.2. The first-order chi connectivity index (χ1) is 34.7. The van der Waals surface area contributed by atoms with Gasteiger partial charge in [0.2, 0.25) is 5.91 Å². The molecular weight excluding hydrogens is 895 g/mol. The SMILES string of the molecule is CCCCC/C=C\C=C/CCCCCCCCCCCC(O)C(=O)NC(COC1OC(CO)C(O)C(O)C1O)C(O)C(O)CCC/C=C/CCCCCCCCCCCCCCCCCCCCCCC. The molecule has 1 aliphatic rings. The lowest BCUT2D eigenvalue weighted by Gasteiger charge is -2.40. The van der Waals surface area contributed by atoms with Crippen molar-refractivity contribution < 1.29 is 50.0 Å². The quantitative estimate of drug-likeness (QED) is 0.0165. The van der Waals surface area contributed by atoms with Gasteiger partial charge in [-0.2, -0.15) is 0 Å². The average Bonchev–Trinajstić information content (AvgIpc) is 3.37. The molecule has 0 aromatic heterocycles. The molecule has 0 aromatic carbocycles. The number of hydrogen-bond donors (Lipinski definition) is 8. The lowest BCUT2D eigenvalue weighted by atomic mass is 9.98. The van der Waals surface area contributed by atoms with E-state index in [4.69, 9.17) is 9.47 Å². The van der Waals surface area contributed by atoms with Crippen LogP contribution in [-0.4, -0.2) is 110 Å². The fourth-order valence-electron chi connectivity index (χ4n) is 9.55. The molecule has 0 aromatic rings.